The topological polar surface area (TPSA) is 74.8 Å². The highest BCUT2D eigenvalue weighted by atomic mass is 16.2. The van der Waals surface area contributed by atoms with Gasteiger partial charge in [0.1, 0.15) is 11.4 Å². The van der Waals surface area contributed by atoms with E-state index in [-0.39, 0.29) is 5.56 Å². The van der Waals surface area contributed by atoms with Crippen LogP contribution in [0.2, 0.25) is 0 Å². The van der Waals surface area contributed by atoms with Crippen molar-refractivity contribution >= 4 is 11.6 Å². The van der Waals surface area contributed by atoms with E-state index in [2.05, 4.69) is 15.3 Å². The first-order valence-electron chi connectivity index (χ1n) is 6.34. The number of hydrogen-bond donors (Lipinski definition) is 2. The molecule has 2 N–H and O–H groups in total. The fourth-order valence-corrected chi connectivity index (χ4v) is 2.05. The smallest absolute Gasteiger partial charge is 0.264 e. The third-order valence-electron chi connectivity index (χ3n) is 3.09. The molecule has 0 aliphatic carbocycles. The molecule has 0 spiro atoms. The zero-order valence-electron chi connectivity index (χ0n) is 12.0. The first-order valence-corrected chi connectivity index (χ1v) is 6.34. The number of aryl methyl sites for hydroxylation is 4. The van der Waals surface area contributed by atoms with Gasteiger partial charge in [-0.25, -0.2) is 4.98 Å². The van der Waals surface area contributed by atoms with Crippen molar-refractivity contribution in [1.82, 2.24) is 9.97 Å². The number of nitrogens with zero attached hydrogens (tertiary/aromatic N) is 1. The number of benzene rings is 1. The van der Waals surface area contributed by atoms with Gasteiger partial charge in [0.15, 0.2) is 0 Å². The molecular formula is C15H17N3O2. The van der Waals surface area contributed by atoms with Gasteiger partial charge in [-0.3, -0.25) is 9.59 Å². The normalized spacial score (nSPS) is 10.4. The Morgan fingerprint density at radius 3 is 2.55 bits per heavy atom. The number of carbonyl (C=O) groups is 1. The Morgan fingerprint density at radius 1 is 1.20 bits per heavy atom. The van der Waals surface area contributed by atoms with E-state index in [0.29, 0.717) is 17.2 Å². The lowest BCUT2D eigenvalue weighted by Gasteiger charge is -2.10. The van der Waals surface area contributed by atoms with Crippen LogP contribution in [0.15, 0.2) is 23.0 Å². The molecule has 1 aromatic carbocycles. The number of hydrogen-bond acceptors (Lipinski definition) is 3. The molecule has 1 aromatic heterocycles. The molecule has 2 aromatic rings. The largest absolute Gasteiger partial charge is 0.322 e. The minimum atomic E-state index is -0.440. The summed E-state index contributed by atoms with van der Waals surface area (Å²) in [6.45, 7) is 7.18. The molecule has 0 saturated carbocycles. The third-order valence-corrected chi connectivity index (χ3v) is 3.09. The van der Waals surface area contributed by atoms with Crippen molar-refractivity contribution in [3.63, 3.8) is 0 Å². The van der Waals surface area contributed by atoms with Crippen LogP contribution in [0.1, 0.15) is 33.0 Å². The molecule has 1 amide bonds. The Hall–Kier alpha value is -2.43. The monoisotopic (exact) mass is 271 g/mol. The highest BCUT2D eigenvalue weighted by Crippen LogP contribution is 2.17. The van der Waals surface area contributed by atoms with Gasteiger partial charge in [0.05, 0.1) is 5.69 Å². The number of aromatic amines is 1. The first kappa shape index (κ1) is 14.0. The molecule has 0 aliphatic heterocycles. The van der Waals surface area contributed by atoms with Crippen LogP contribution in [0, 0.1) is 27.7 Å². The minimum Gasteiger partial charge on any atom is -0.322 e. The van der Waals surface area contributed by atoms with Gasteiger partial charge in [0, 0.05) is 5.69 Å². The molecule has 0 aliphatic rings. The van der Waals surface area contributed by atoms with E-state index in [1.807, 2.05) is 32.0 Å². The highest BCUT2D eigenvalue weighted by Gasteiger charge is 2.16. The summed E-state index contributed by atoms with van der Waals surface area (Å²) < 4.78 is 0. The molecule has 2 rings (SSSR count). The maximum Gasteiger partial charge on any atom is 0.264 e. The third kappa shape index (κ3) is 2.77. The van der Waals surface area contributed by atoms with Crippen molar-refractivity contribution in [2.45, 2.75) is 27.7 Å². The fourth-order valence-electron chi connectivity index (χ4n) is 2.05. The zero-order valence-corrected chi connectivity index (χ0v) is 12.0. The summed E-state index contributed by atoms with van der Waals surface area (Å²) in [6, 6.07) is 5.77. The van der Waals surface area contributed by atoms with Crippen molar-refractivity contribution < 1.29 is 4.79 Å². The standard InChI is InChI=1S/C15H17N3O2/c1-8-5-6-9(2)12(7-8)18-15(20)13-10(3)16-11(4)17-14(13)19/h5-7H,1-4H3,(H,18,20)(H,16,17,19). The number of rotatable bonds is 2. The van der Waals surface area contributed by atoms with Gasteiger partial charge >= 0.3 is 0 Å². The second-order valence-corrected chi connectivity index (χ2v) is 4.88. The number of aromatic nitrogens is 2. The summed E-state index contributed by atoms with van der Waals surface area (Å²) in [5.74, 6) is 0.0562. The van der Waals surface area contributed by atoms with Gasteiger partial charge in [-0.15, -0.1) is 0 Å². The molecule has 1 heterocycles. The van der Waals surface area contributed by atoms with Crippen LogP contribution in [0.25, 0.3) is 0 Å². The number of carbonyl (C=O) groups excluding carboxylic acids is 1. The molecule has 0 fully saturated rings. The maximum atomic E-state index is 12.3. The van der Waals surface area contributed by atoms with Gasteiger partial charge in [0.2, 0.25) is 0 Å². The van der Waals surface area contributed by atoms with E-state index in [1.54, 1.807) is 13.8 Å². The summed E-state index contributed by atoms with van der Waals surface area (Å²) in [7, 11) is 0. The van der Waals surface area contributed by atoms with E-state index in [1.165, 1.54) is 0 Å². The Balaban J connectivity index is 2.38. The predicted octanol–water partition coefficient (Wildman–Crippen LogP) is 2.26. The Labute approximate surface area is 117 Å². The van der Waals surface area contributed by atoms with Crippen LogP contribution in [0.3, 0.4) is 0 Å². The highest BCUT2D eigenvalue weighted by molar-refractivity contribution is 6.05. The van der Waals surface area contributed by atoms with Crippen molar-refractivity contribution in [3.8, 4) is 0 Å². The van der Waals surface area contributed by atoms with Crippen LogP contribution < -0.4 is 10.9 Å². The van der Waals surface area contributed by atoms with Crippen molar-refractivity contribution in [3.05, 3.63) is 56.8 Å². The summed E-state index contributed by atoms with van der Waals surface area (Å²) in [4.78, 5) is 30.8. The first-order chi connectivity index (χ1) is 9.38. The Kier molecular flexibility index (Phi) is 3.70. The molecule has 20 heavy (non-hydrogen) atoms. The molecular weight excluding hydrogens is 254 g/mol. The molecule has 5 heteroatoms. The molecule has 0 radical (unpaired) electrons. The summed E-state index contributed by atoms with van der Waals surface area (Å²) >= 11 is 0. The Morgan fingerprint density at radius 2 is 1.90 bits per heavy atom. The van der Waals surface area contributed by atoms with Crippen LogP contribution in [0.4, 0.5) is 5.69 Å². The van der Waals surface area contributed by atoms with Crippen LogP contribution in [-0.4, -0.2) is 15.9 Å². The predicted molar refractivity (Wildman–Crippen MR) is 78.2 cm³/mol. The second kappa shape index (κ2) is 5.28. The zero-order chi connectivity index (χ0) is 14.9. The second-order valence-electron chi connectivity index (χ2n) is 4.88. The van der Waals surface area contributed by atoms with E-state index >= 15 is 0 Å². The van der Waals surface area contributed by atoms with Crippen LogP contribution in [-0.2, 0) is 0 Å². The number of nitrogens with one attached hydrogen (secondary N) is 2. The van der Waals surface area contributed by atoms with Crippen molar-refractivity contribution in [1.29, 1.82) is 0 Å². The van der Waals surface area contributed by atoms with Gasteiger partial charge in [-0.05, 0) is 44.9 Å². The lowest BCUT2D eigenvalue weighted by atomic mass is 10.1. The van der Waals surface area contributed by atoms with E-state index < -0.39 is 11.5 Å². The summed E-state index contributed by atoms with van der Waals surface area (Å²) in [5.41, 5.74) is 2.74. The average molecular weight is 271 g/mol. The van der Waals surface area contributed by atoms with Crippen LogP contribution >= 0.6 is 0 Å². The van der Waals surface area contributed by atoms with E-state index in [4.69, 9.17) is 0 Å². The quantitative estimate of drug-likeness (QED) is 0.879. The molecule has 5 nitrogen and oxygen atoms in total. The van der Waals surface area contributed by atoms with Gasteiger partial charge in [-0.2, -0.15) is 0 Å². The van der Waals surface area contributed by atoms with Crippen molar-refractivity contribution in [2.75, 3.05) is 5.32 Å². The lowest BCUT2D eigenvalue weighted by molar-refractivity contribution is 0.102. The van der Waals surface area contributed by atoms with Crippen molar-refractivity contribution in [2.24, 2.45) is 0 Å². The number of anilines is 1. The maximum absolute atomic E-state index is 12.3. The van der Waals surface area contributed by atoms with E-state index in [9.17, 15) is 9.59 Å². The number of amides is 1. The van der Waals surface area contributed by atoms with Gasteiger partial charge < -0.3 is 10.3 Å². The van der Waals surface area contributed by atoms with Crippen LogP contribution in [0.5, 0.6) is 0 Å². The molecule has 0 saturated heterocycles. The summed E-state index contributed by atoms with van der Waals surface area (Å²) in [6.07, 6.45) is 0. The van der Waals surface area contributed by atoms with E-state index in [0.717, 1.165) is 11.1 Å². The van der Waals surface area contributed by atoms with Gasteiger partial charge in [-0.1, -0.05) is 12.1 Å². The molecule has 0 unspecified atom stereocenters. The molecule has 0 atom stereocenters. The average Bonchev–Trinajstić information content (AvgIpc) is 2.32. The van der Waals surface area contributed by atoms with Gasteiger partial charge in [0.25, 0.3) is 11.5 Å². The minimum absolute atomic E-state index is 0.0523. The number of H-pyrrole nitrogens is 1. The summed E-state index contributed by atoms with van der Waals surface area (Å²) in [5, 5.41) is 2.77. The molecule has 0 bridgehead atoms. The Bertz CT molecular complexity index is 732. The SMILES string of the molecule is Cc1ccc(C)c(NC(=O)c2c(C)nc(C)[nH]c2=O)c1. The fraction of sp³-hybridized carbons (Fsp3) is 0.267. The lowest BCUT2D eigenvalue weighted by Crippen LogP contribution is -2.26. The molecule has 104 valence electrons.